The molecule has 2 N–H and O–H groups in total. The van der Waals surface area contributed by atoms with Gasteiger partial charge in [0.05, 0.1) is 13.2 Å². The van der Waals surface area contributed by atoms with E-state index in [1.807, 2.05) is 0 Å². The number of hydrogen-bond acceptors (Lipinski definition) is 3. The summed E-state index contributed by atoms with van der Waals surface area (Å²) in [4.78, 5) is 11.5. The molecule has 17 heavy (non-hydrogen) atoms. The molecule has 0 bridgehead atoms. The van der Waals surface area contributed by atoms with Crippen LogP contribution in [0.25, 0.3) is 0 Å². The topological polar surface area (TPSA) is 50.4 Å². The number of hydrogen-bond donors (Lipinski definition) is 2. The lowest BCUT2D eigenvalue weighted by molar-refractivity contribution is -0.120. The van der Waals surface area contributed by atoms with Crippen LogP contribution in [-0.2, 0) is 9.53 Å². The Kier molecular flexibility index (Phi) is 6.52. The van der Waals surface area contributed by atoms with Gasteiger partial charge < -0.3 is 15.4 Å². The standard InChI is InChI=1S/C13H26N2O2/c1-10(2)4-6-14-13(16)8-15-11(3)12-5-7-17-9-12/h10-12,15H,4-9H2,1-3H3,(H,14,16). The summed E-state index contributed by atoms with van der Waals surface area (Å²) >= 11 is 0. The molecular weight excluding hydrogens is 216 g/mol. The van der Waals surface area contributed by atoms with Crippen molar-refractivity contribution in [3.63, 3.8) is 0 Å². The Morgan fingerprint density at radius 3 is 2.76 bits per heavy atom. The highest BCUT2D eigenvalue weighted by Gasteiger charge is 2.22. The van der Waals surface area contributed by atoms with Crippen LogP contribution in [0.1, 0.15) is 33.6 Å². The second-order valence-corrected chi connectivity index (χ2v) is 5.33. The first-order valence-corrected chi connectivity index (χ1v) is 6.67. The number of nitrogens with one attached hydrogen (secondary N) is 2. The summed E-state index contributed by atoms with van der Waals surface area (Å²) in [5.74, 6) is 1.28. The monoisotopic (exact) mass is 242 g/mol. The molecule has 2 atom stereocenters. The van der Waals surface area contributed by atoms with Gasteiger partial charge in [-0.05, 0) is 31.6 Å². The summed E-state index contributed by atoms with van der Waals surface area (Å²) in [6.07, 6.45) is 2.14. The normalized spacial score (nSPS) is 21.8. The van der Waals surface area contributed by atoms with E-state index in [0.29, 0.717) is 24.4 Å². The smallest absolute Gasteiger partial charge is 0.233 e. The lowest BCUT2D eigenvalue weighted by Gasteiger charge is -2.19. The molecule has 0 aromatic heterocycles. The highest BCUT2D eigenvalue weighted by atomic mass is 16.5. The molecule has 1 saturated heterocycles. The van der Waals surface area contributed by atoms with Crippen molar-refractivity contribution in [3.8, 4) is 0 Å². The summed E-state index contributed by atoms with van der Waals surface area (Å²) in [5.41, 5.74) is 0. The van der Waals surface area contributed by atoms with E-state index in [1.54, 1.807) is 0 Å². The number of ether oxygens (including phenoxy) is 1. The second-order valence-electron chi connectivity index (χ2n) is 5.33. The van der Waals surface area contributed by atoms with Crippen molar-refractivity contribution in [1.29, 1.82) is 0 Å². The summed E-state index contributed by atoms with van der Waals surface area (Å²) < 4.78 is 5.34. The number of carbonyl (C=O) groups excluding carboxylic acids is 1. The van der Waals surface area contributed by atoms with Crippen molar-refractivity contribution in [3.05, 3.63) is 0 Å². The molecule has 4 heteroatoms. The maximum Gasteiger partial charge on any atom is 0.233 e. The van der Waals surface area contributed by atoms with Crippen LogP contribution in [0.5, 0.6) is 0 Å². The highest BCUT2D eigenvalue weighted by Crippen LogP contribution is 2.15. The van der Waals surface area contributed by atoms with E-state index < -0.39 is 0 Å². The minimum absolute atomic E-state index is 0.0939. The van der Waals surface area contributed by atoms with Gasteiger partial charge in [0.15, 0.2) is 0 Å². The van der Waals surface area contributed by atoms with Crippen LogP contribution in [0.3, 0.4) is 0 Å². The summed E-state index contributed by atoms with van der Waals surface area (Å²) in [6, 6.07) is 0.355. The third-order valence-electron chi connectivity index (χ3n) is 3.30. The fourth-order valence-electron chi connectivity index (χ4n) is 1.93. The van der Waals surface area contributed by atoms with Crippen molar-refractivity contribution in [1.82, 2.24) is 10.6 Å². The number of carbonyl (C=O) groups is 1. The van der Waals surface area contributed by atoms with Crippen LogP contribution in [0.4, 0.5) is 0 Å². The van der Waals surface area contributed by atoms with Gasteiger partial charge >= 0.3 is 0 Å². The van der Waals surface area contributed by atoms with Gasteiger partial charge in [-0.25, -0.2) is 0 Å². The molecule has 4 nitrogen and oxygen atoms in total. The predicted molar refractivity (Wildman–Crippen MR) is 68.9 cm³/mol. The first kappa shape index (κ1) is 14.5. The number of rotatable bonds is 7. The zero-order valence-corrected chi connectivity index (χ0v) is 11.3. The van der Waals surface area contributed by atoms with Gasteiger partial charge in [0, 0.05) is 19.2 Å². The Morgan fingerprint density at radius 1 is 1.41 bits per heavy atom. The van der Waals surface area contributed by atoms with Crippen molar-refractivity contribution in [2.75, 3.05) is 26.3 Å². The molecule has 0 aliphatic carbocycles. The van der Waals surface area contributed by atoms with Crippen LogP contribution in [0, 0.1) is 11.8 Å². The molecule has 0 saturated carbocycles. The highest BCUT2D eigenvalue weighted by molar-refractivity contribution is 5.77. The van der Waals surface area contributed by atoms with Crippen molar-refractivity contribution >= 4 is 5.91 Å². The van der Waals surface area contributed by atoms with E-state index in [9.17, 15) is 4.79 Å². The molecule has 100 valence electrons. The molecule has 0 aromatic rings. The van der Waals surface area contributed by atoms with E-state index in [0.717, 1.165) is 32.6 Å². The fourth-order valence-corrected chi connectivity index (χ4v) is 1.93. The van der Waals surface area contributed by atoms with Crippen LogP contribution < -0.4 is 10.6 Å². The summed E-state index contributed by atoms with van der Waals surface area (Å²) in [5, 5.41) is 6.20. The first-order chi connectivity index (χ1) is 8.09. The third kappa shape index (κ3) is 6.03. The average molecular weight is 242 g/mol. The molecule has 1 aliphatic rings. The Bertz CT molecular complexity index is 225. The zero-order valence-electron chi connectivity index (χ0n) is 11.3. The van der Waals surface area contributed by atoms with Gasteiger partial charge in [0.2, 0.25) is 5.91 Å². The zero-order chi connectivity index (χ0) is 12.7. The first-order valence-electron chi connectivity index (χ1n) is 6.67. The lowest BCUT2D eigenvalue weighted by Crippen LogP contribution is -2.41. The van der Waals surface area contributed by atoms with Crippen LogP contribution in [-0.4, -0.2) is 38.3 Å². The molecule has 1 rings (SSSR count). The molecule has 0 radical (unpaired) electrons. The fraction of sp³-hybridized carbons (Fsp3) is 0.923. The SMILES string of the molecule is CC(C)CCNC(=O)CNC(C)C1CCOC1. The van der Waals surface area contributed by atoms with Gasteiger partial charge in [-0.15, -0.1) is 0 Å². The van der Waals surface area contributed by atoms with Crippen LogP contribution in [0.15, 0.2) is 0 Å². The molecule has 1 amide bonds. The Hall–Kier alpha value is -0.610. The molecule has 2 unspecified atom stereocenters. The largest absolute Gasteiger partial charge is 0.381 e. The van der Waals surface area contributed by atoms with E-state index in [4.69, 9.17) is 4.74 Å². The molecular formula is C13H26N2O2. The molecule has 0 aromatic carbocycles. The second kappa shape index (κ2) is 7.67. The van der Waals surface area contributed by atoms with Crippen LogP contribution >= 0.6 is 0 Å². The summed E-state index contributed by atoms with van der Waals surface area (Å²) in [7, 11) is 0. The van der Waals surface area contributed by atoms with E-state index in [2.05, 4.69) is 31.4 Å². The van der Waals surface area contributed by atoms with Gasteiger partial charge in [-0.1, -0.05) is 13.8 Å². The van der Waals surface area contributed by atoms with E-state index in [1.165, 1.54) is 0 Å². The third-order valence-corrected chi connectivity index (χ3v) is 3.30. The van der Waals surface area contributed by atoms with Crippen molar-refractivity contribution in [2.45, 2.75) is 39.7 Å². The van der Waals surface area contributed by atoms with Gasteiger partial charge in [0.25, 0.3) is 0 Å². The van der Waals surface area contributed by atoms with E-state index in [-0.39, 0.29) is 5.91 Å². The quantitative estimate of drug-likeness (QED) is 0.704. The Morgan fingerprint density at radius 2 is 2.18 bits per heavy atom. The predicted octanol–water partition coefficient (Wildman–Crippen LogP) is 1.16. The van der Waals surface area contributed by atoms with Crippen molar-refractivity contribution < 1.29 is 9.53 Å². The maximum absolute atomic E-state index is 11.5. The van der Waals surface area contributed by atoms with Gasteiger partial charge in [0.1, 0.15) is 0 Å². The molecule has 1 aliphatic heterocycles. The van der Waals surface area contributed by atoms with Gasteiger partial charge in [-0.2, -0.15) is 0 Å². The lowest BCUT2D eigenvalue weighted by atomic mass is 10.0. The Balaban J connectivity index is 2.06. The minimum Gasteiger partial charge on any atom is -0.381 e. The number of amides is 1. The molecule has 1 heterocycles. The average Bonchev–Trinajstić information content (AvgIpc) is 2.78. The van der Waals surface area contributed by atoms with Crippen molar-refractivity contribution in [2.24, 2.45) is 11.8 Å². The molecule has 1 fully saturated rings. The maximum atomic E-state index is 11.5. The van der Waals surface area contributed by atoms with Gasteiger partial charge in [-0.3, -0.25) is 4.79 Å². The molecule has 0 spiro atoms. The van der Waals surface area contributed by atoms with E-state index >= 15 is 0 Å². The Labute approximate surface area is 104 Å². The minimum atomic E-state index is 0.0939. The van der Waals surface area contributed by atoms with Crippen LogP contribution in [0.2, 0.25) is 0 Å². The summed E-state index contributed by atoms with van der Waals surface area (Å²) in [6.45, 7) is 9.31.